The molecule has 1 atom stereocenters. The van der Waals surface area contributed by atoms with E-state index >= 15 is 0 Å². The summed E-state index contributed by atoms with van der Waals surface area (Å²) >= 11 is 0. The van der Waals surface area contributed by atoms with Crippen molar-refractivity contribution >= 4 is 16.9 Å². The predicted molar refractivity (Wildman–Crippen MR) is 117 cm³/mol. The number of aliphatic hydroxyl groups excluding tert-OH is 1. The van der Waals surface area contributed by atoms with Crippen LogP contribution in [0.2, 0.25) is 0 Å². The van der Waals surface area contributed by atoms with E-state index in [4.69, 9.17) is 18.6 Å². The Bertz CT molecular complexity index is 1040. The third kappa shape index (κ3) is 3.17. The third-order valence-corrected chi connectivity index (χ3v) is 7.90. The van der Waals surface area contributed by atoms with Crippen molar-refractivity contribution in [1.82, 2.24) is 4.90 Å². The normalized spacial score (nSPS) is 26.4. The number of amides is 1. The van der Waals surface area contributed by atoms with Gasteiger partial charge in [-0.1, -0.05) is 6.42 Å². The minimum Gasteiger partial charge on any atom is -0.487 e. The van der Waals surface area contributed by atoms with Crippen LogP contribution in [-0.4, -0.2) is 53.6 Å². The van der Waals surface area contributed by atoms with Crippen molar-refractivity contribution in [2.75, 3.05) is 26.3 Å². The molecule has 172 valence electrons. The Morgan fingerprint density at radius 3 is 2.50 bits per heavy atom. The number of carbonyl (C=O) groups excluding carboxylic acids is 1. The molecule has 1 aliphatic carbocycles. The van der Waals surface area contributed by atoms with E-state index in [1.165, 1.54) is 6.42 Å². The van der Waals surface area contributed by atoms with Crippen molar-refractivity contribution in [3.05, 3.63) is 29.0 Å². The molecule has 3 aliphatic heterocycles. The van der Waals surface area contributed by atoms with E-state index in [2.05, 4.69) is 0 Å². The zero-order valence-electron chi connectivity index (χ0n) is 18.7. The summed E-state index contributed by atoms with van der Waals surface area (Å²) in [6, 6.07) is 3.77. The summed E-state index contributed by atoms with van der Waals surface area (Å²) < 4.78 is 24.1. The number of ether oxygens (including phenoxy) is 3. The first-order valence-corrected chi connectivity index (χ1v) is 12.0. The second-order valence-electron chi connectivity index (χ2n) is 9.87. The Morgan fingerprint density at radius 1 is 1.06 bits per heavy atom. The molecule has 1 amide bonds. The number of benzene rings is 1. The summed E-state index contributed by atoms with van der Waals surface area (Å²) in [4.78, 5) is 15.2. The number of fused-ring (bicyclic) bond motifs is 3. The van der Waals surface area contributed by atoms with E-state index in [9.17, 15) is 9.90 Å². The fourth-order valence-electron chi connectivity index (χ4n) is 6.19. The van der Waals surface area contributed by atoms with Gasteiger partial charge in [0, 0.05) is 48.9 Å². The molecular formula is C25H31NO6. The first kappa shape index (κ1) is 20.5. The maximum atomic E-state index is 13.3. The maximum Gasteiger partial charge on any atom is 0.289 e. The van der Waals surface area contributed by atoms with Crippen LogP contribution in [0.1, 0.15) is 79.2 Å². The fourth-order valence-corrected chi connectivity index (χ4v) is 6.19. The minimum atomic E-state index is -0.619. The number of hydrogen-bond acceptors (Lipinski definition) is 6. The molecule has 1 aromatic carbocycles. The highest BCUT2D eigenvalue weighted by molar-refractivity contribution is 6.00. The van der Waals surface area contributed by atoms with Gasteiger partial charge >= 0.3 is 0 Å². The summed E-state index contributed by atoms with van der Waals surface area (Å²) in [5.41, 5.74) is 1.91. The highest BCUT2D eigenvalue weighted by Gasteiger charge is 2.44. The molecule has 32 heavy (non-hydrogen) atoms. The smallest absolute Gasteiger partial charge is 0.289 e. The molecule has 6 rings (SSSR count). The third-order valence-electron chi connectivity index (χ3n) is 7.90. The van der Waals surface area contributed by atoms with Gasteiger partial charge in [0.2, 0.25) is 0 Å². The molecule has 1 N–H and O–H groups in total. The van der Waals surface area contributed by atoms with E-state index in [0.29, 0.717) is 56.9 Å². The van der Waals surface area contributed by atoms with Gasteiger partial charge in [0.25, 0.3) is 5.91 Å². The lowest BCUT2D eigenvalue weighted by atomic mass is 9.77. The molecule has 0 radical (unpaired) electrons. The average Bonchev–Trinajstić information content (AvgIpc) is 3.38. The van der Waals surface area contributed by atoms with Crippen molar-refractivity contribution in [2.24, 2.45) is 0 Å². The van der Waals surface area contributed by atoms with E-state index in [0.717, 1.165) is 47.9 Å². The SMILES string of the molecule is Cc1c(C(=O)N2CCC3(CC2)OCCO3)oc2ccc3c(c12)[C@H](O)CC1(CCCCC1)O3. The Balaban J connectivity index is 1.30. The summed E-state index contributed by atoms with van der Waals surface area (Å²) in [7, 11) is 0. The standard InChI is InChI=1S/C25H31NO6/c1-16-20-18(5-6-19-21(20)17(27)15-24(32-19)7-3-2-4-8-24)31-22(16)23(28)26-11-9-25(10-12-26)29-13-14-30-25/h5-6,17,27H,2-4,7-15H2,1H3/t17-/m1/s1. The molecule has 3 fully saturated rings. The van der Waals surface area contributed by atoms with E-state index in [1.54, 1.807) is 0 Å². The number of hydrogen-bond donors (Lipinski definition) is 1. The lowest BCUT2D eigenvalue weighted by Crippen LogP contribution is -2.47. The summed E-state index contributed by atoms with van der Waals surface area (Å²) in [5.74, 6) is 0.449. The van der Waals surface area contributed by atoms with Gasteiger partial charge in [-0.05, 0) is 44.7 Å². The number of piperidine rings is 1. The number of nitrogens with zero attached hydrogens (tertiary/aromatic N) is 1. The van der Waals surface area contributed by atoms with Crippen LogP contribution < -0.4 is 4.74 Å². The molecule has 4 heterocycles. The number of rotatable bonds is 1. The van der Waals surface area contributed by atoms with Gasteiger partial charge in [-0.2, -0.15) is 0 Å². The van der Waals surface area contributed by atoms with E-state index in [-0.39, 0.29) is 11.5 Å². The Labute approximate surface area is 187 Å². The molecular weight excluding hydrogens is 410 g/mol. The van der Waals surface area contributed by atoms with Crippen molar-refractivity contribution in [2.45, 2.75) is 75.8 Å². The predicted octanol–water partition coefficient (Wildman–Crippen LogP) is 4.24. The van der Waals surface area contributed by atoms with E-state index < -0.39 is 11.9 Å². The van der Waals surface area contributed by atoms with Crippen LogP contribution >= 0.6 is 0 Å². The van der Waals surface area contributed by atoms with Crippen LogP contribution in [0, 0.1) is 6.92 Å². The molecule has 7 nitrogen and oxygen atoms in total. The summed E-state index contributed by atoms with van der Waals surface area (Å²) in [5, 5.41) is 12.0. The van der Waals surface area contributed by atoms with Crippen molar-refractivity contribution in [1.29, 1.82) is 0 Å². The van der Waals surface area contributed by atoms with Gasteiger partial charge in [-0.15, -0.1) is 0 Å². The van der Waals surface area contributed by atoms with Gasteiger partial charge < -0.3 is 28.6 Å². The average molecular weight is 442 g/mol. The monoisotopic (exact) mass is 441 g/mol. The molecule has 1 saturated carbocycles. The van der Waals surface area contributed by atoms with Gasteiger partial charge in [0.05, 0.1) is 19.3 Å². The summed E-state index contributed by atoms with van der Waals surface area (Å²) in [6.07, 6.45) is 6.80. The first-order chi connectivity index (χ1) is 15.5. The van der Waals surface area contributed by atoms with Gasteiger partial charge in [-0.25, -0.2) is 0 Å². The number of furan rings is 1. The first-order valence-electron chi connectivity index (χ1n) is 12.0. The molecule has 2 aromatic rings. The molecule has 2 saturated heterocycles. The number of likely N-dealkylation sites (tertiary alicyclic amines) is 1. The molecule has 4 aliphatic rings. The molecule has 0 unspecified atom stereocenters. The lowest BCUT2D eigenvalue weighted by molar-refractivity contribution is -0.181. The number of carbonyl (C=O) groups is 1. The topological polar surface area (TPSA) is 81.4 Å². The Hall–Kier alpha value is -2.09. The molecule has 7 heteroatoms. The fraction of sp³-hybridized carbons (Fsp3) is 0.640. The highest BCUT2D eigenvalue weighted by atomic mass is 16.7. The van der Waals surface area contributed by atoms with Crippen LogP contribution in [0.4, 0.5) is 0 Å². The maximum absolute atomic E-state index is 13.3. The molecule has 1 aromatic heterocycles. The molecule has 0 bridgehead atoms. The highest BCUT2D eigenvalue weighted by Crippen LogP contribution is 2.49. The largest absolute Gasteiger partial charge is 0.487 e. The second-order valence-corrected chi connectivity index (χ2v) is 9.87. The van der Waals surface area contributed by atoms with Crippen LogP contribution in [-0.2, 0) is 9.47 Å². The van der Waals surface area contributed by atoms with Crippen LogP contribution in [0.5, 0.6) is 5.75 Å². The Morgan fingerprint density at radius 2 is 1.78 bits per heavy atom. The minimum absolute atomic E-state index is 0.115. The van der Waals surface area contributed by atoms with Crippen LogP contribution in [0.25, 0.3) is 11.0 Å². The van der Waals surface area contributed by atoms with Gasteiger partial charge in [0.15, 0.2) is 11.5 Å². The lowest BCUT2D eigenvalue weighted by Gasteiger charge is -2.43. The Kier molecular flexibility index (Phi) is 4.79. The van der Waals surface area contributed by atoms with Crippen molar-refractivity contribution in [3.63, 3.8) is 0 Å². The van der Waals surface area contributed by atoms with Crippen molar-refractivity contribution < 1.29 is 28.5 Å². The number of aliphatic hydroxyl groups is 1. The van der Waals surface area contributed by atoms with Gasteiger partial charge in [-0.3, -0.25) is 4.79 Å². The van der Waals surface area contributed by atoms with Crippen LogP contribution in [0.15, 0.2) is 16.5 Å². The zero-order valence-corrected chi connectivity index (χ0v) is 18.7. The summed E-state index contributed by atoms with van der Waals surface area (Å²) in [6.45, 7) is 4.29. The van der Waals surface area contributed by atoms with Crippen LogP contribution in [0.3, 0.4) is 0 Å². The zero-order chi connectivity index (χ0) is 21.9. The number of aryl methyl sites for hydroxylation is 1. The van der Waals surface area contributed by atoms with Gasteiger partial charge in [0.1, 0.15) is 16.9 Å². The quantitative estimate of drug-likeness (QED) is 0.713. The molecule has 2 spiro atoms. The second kappa shape index (κ2) is 7.47. The van der Waals surface area contributed by atoms with Crippen molar-refractivity contribution in [3.8, 4) is 5.75 Å². The van der Waals surface area contributed by atoms with E-state index in [1.807, 2.05) is 24.0 Å².